The zero-order valence-electron chi connectivity index (χ0n) is 21.8. The monoisotopic (exact) mass is 516 g/mol. The zero-order valence-corrected chi connectivity index (χ0v) is 21.8. The van der Waals surface area contributed by atoms with Gasteiger partial charge in [-0.3, -0.25) is 14.4 Å². The third kappa shape index (κ3) is 5.45. The van der Waals surface area contributed by atoms with Gasteiger partial charge in [0.2, 0.25) is 5.91 Å². The van der Waals surface area contributed by atoms with E-state index in [-0.39, 0.29) is 52.9 Å². The van der Waals surface area contributed by atoms with Crippen LogP contribution in [0.25, 0.3) is 0 Å². The maximum atomic E-state index is 14.9. The molecule has 2 bridgehead atoms. The smallest absolute Gasteiger partial charge is 0.309 e. The van der Waals surface area contributed by atoms with E-state index in [2.05, 4.69) is 17.2 Å². The Morgan fingerprint density at radius 1 is 1.14 bits per heavy atom. The Morgan fingerprint density at radius 2 is 1.81 bits per heavy atom. The number of methoxy groups -OCH3 is 1. The average molecular weight is 517 g/mol. The van der Waals surface area contributed by atoms with Gasteiger partial charge in [0.15, 0.2) is 11.6 Å². The highest BCUT2D eigenvalue weighted by molar-refractivity contribution is 5.98. The lowest BCUT2D eigenvalue weighted by Crippen LogP contribution is -2.49. The van der Waals surface area contributed by atoms with Crippen LogP contribution in [0.2, 0.25) is 0 Å². The lowest BCUT2D eigenvalue weighted by atomic mass is 9.75. The van der Waals surface area contributed by atoms with Crippen LogP contribution in [0.3, 0.4) is 0 Å². The third-order valence-electron chi connectivity index (χ3n) is 8.59. The fourth-order valence-electron chi connectivity index (χ4n) is 6.16. The van der Waals surface area contributed by atoms with Crippen LogP contribution in [0.5, 0.6) is 11.5 Å². The lowest BCUT2D eigenvalue weighted by Gasteiger charge is -2.34. The number of nitrogens with one attached hydrogen (secondary N) is 2. The number of amides is 2. The van der Waals surface area contributed by atoms with Crippen LogP contribution in [0.15, 0.2) is 24.4 Å². The van der Waals surface area contributed by atoms with Crippen LogP contribution >= 0.6 is 0 Å². The molecule has 0 radical (unpaired) electrons. The molecule has 9 heteroatoms. The van der Waals surface area contributed by atoms with Crippen molar-refractivity contribution in [3.8, 4) is 11.5 Å². The molecule has 8 nitrogen and oxygen atoms in total. The molecule has 202 valence electrons. The van der Waals surface area contributed by atoms with E-state index in [0.717, 1.165) is 25.3 Å². The highest BCUT2D eigenvalue weighted by atomic mass is 19.1. The minimum Gasteiger partial charge on any atom is -0.496 e. The Balaban J connectivity index is 1.50. The maximum Gasteiger partial charge on any atom is 0.309 e. The fraction of sp³-hybridized carbons (Fsp3) is 0.607. The van der Waals surface area contributed by atoms with Gasteiger partial charge in [-0.05, 0) is 76.2 Å². The van der Waals surface area contributed by atoms with Gasteiger partial charge in [-0.2, -0.15) is 0 Å². The lowest BCUT2D eigenvalue weighted by molar-refractivity contribution is -0.150. The molecule has 0 saturated heterocycles. The van der Waals surface area contributed by atoms with Crippen molar-refractivity contribution in [3.63, 3.8) is 0 Å². The zero-order chi connectivity index (χ0) is 26.9. The molecule has 3 aliphatic carbocycles. The summed E-state index contributed by atoms with van der Waals surface area (Å²) >= 11 is 0. The highest BCUT2D eigenvalue weighted by Gasteiger charge is 2.51. The second-order valence-corrected chi connectivity index (χ2v) is 11.0. The fourth-order valence-corrected chi connectivity index (χ4v) is 6.16. The van der Waals surface area contributed by atoms with Gasteiger partial charge >= 0.3 is 5.97 Å². The molecule has 0 aromatic heterocycles. The highest BCUT2D eigenvalue weighted by Crippen LogP contribution is 2.49. The van der Waals surface area contributed by atoms with Crippen LogP contribution < -0.4 is 20.1 Å². The van der Waals surface area contributed by atoms with E-state index >= 15 is 0 Å². The topological polar surface area (TPSA) is 114 Å². The van der Waals surface area contributed by atoms with Crippen LogP contribution in [-0.4, -0.2) is 42.1 Å². The first-order valence-corrected chi connectivity index (χ1v) is 13.1. The number of carboxylic acid groups (broad SMARTS) is 1. The number of fused-ring (bicyclic) bond motifs is 2. The van der Waals surface area contributed by atoms with Crippen molar-refractivity contribution in [2.75, 3.05) is 7.11 Å². The number of hydrogen-bond donors (Lipinski definition) is 3. The van der Waals surface area contributed by atoms with E-state index in [1.54, 1.807) is 6.92 Å². The van der Waals surface area contributed by atoms with Crippen molar-refractivity contribution < 1.29 is 33.4 Å². The minimum absolute atomic E-state index is 0.0728. The van der Waals surface area contributed by atoms with Gasteiger partial charge in [0.05, 0.1) is 30.1 Å². The second kappa shape index (κ2) is 10.7. The van der Waals surface area contributed by atoms with E-state index < -0.39 is 23.1 Å². The van der Waals surface area contributed by atoms with E-state index in [1.807, 2.05) is 6.92 Å². The van der Waals surface area contributed by atoms with E-state index in [4.69, 9.17) is 9.47 Å². The number of carbonyl (C=O) groups is 3. The number of aliphatic carboxylic acids is 1. The number of carbonyl (C=O) groups excluding carboxylic acids is 2. The van der Waals surface area contributed by atoms with Crippen molar-refractivity contribution in [2.45, 2.75) is 77.4 Å². The number of benzene rings is 1. The molecule has 4 atom stereocenters. The first-order valence-electron chi connectivity index (χ1n) is 13.1. The Bertz CT molecular complexity index is 1080. The first kappa shape index (κ1) is 26.9. The van der Waals surface area contributed by atoms with Crippen molar-refractivity contribution in [1.82, 2.24) is 10.6 Å². The molecule has 3 saturated carbocycles. The SMILES string of the molecule is C=C(CC)NC(=O)[C@H]1[C@@H]2CC[C@@H](C2)[C@H]1NC(=O)c1cc(O[C@H]2CC[C@@](C)(C(=O)O)CC2)c(F)cc1OC. The van der Waals surface area contributed by atoms with Crippen LogP contribution in [0.4, 0.5) is 4.39 Å². The quantitative estimate of drug-likeness (QED) is 0.447. The third-order valence-corrected chi connectivity index (χ3v) is 8.59. The Kier molecular flexibility index (Phi) is 7.80. The standard InChI is InChI=1S/C28H37FN2O6/c1-5-15(2)30-26(33)23-16-6-7-17(12-16)24(23)31-25(32)19-13-22(20(29)14-21(19)36-4)37-18-8-10-28(3,11-9-18)27(34)35/h13-14,16-18,23-24H,2,5-12H2,1,3-4H3,(H,30,33)(H,31,32)(H,34,35)/t16-,17+,18-,23+,24-,28+/m1/s1. The summed E-state index contributed by atoms with van der Waals surface area (Å²) in [6.07, 6.45) is 4.86. The molecule has 0 aliphatic heterocycles. The van der Waals surface area contributed by atoms with Gasteiger partial charge in [-0.25, -0.2) is 4.39 Å². The van der Waals surface area contributed by atoms with Crippen LogP contribution in [-0.2, 0) is 9.59 Å². The van der Waals surface area contributed by atoms with Gasteiger partial charge in [-0.15, -0.1) is 0 Å². The largest absolute Gasteiger partial charge is 0.496 e. The molecule has 0 spiro atoms. The number of allylic oxidation sites excluding steroid dienone is 1. The molecule has 3 aliphatic rings. The molecule has 3 N–H and O–H groups in total. The average Bonchev–Trinajstić information content (AvgIpc) is 3.48. The molecule has 3 fully saturated rings. The van der Waals surface area contributed by atoms with Crippen LogP contribution in [0.1, 0.15) is 75.6 Å². The molecule has 37 heavy (non-hydrogen) atoms. The van der Waals surface area contributed by atoms with Crippen LogP contribution in [0, 0.1) is 29.0 Å². The Labute approximate surface area is 217 Å². The molecular formula is C28H37FN2O6. The molecule has 1 aromatic rings. The van der Waals surface area contributed by atoms with Gasteiger partial charge in [0.1, 0.15) is 5.75 Å². The second-order valence-electron chi connectivity index (χ2n) is 11.0. The Morgan fingerprint density at radius 3 is 2.43 bits per heavy atom. The number of carboxylic acids is 1. The van der Waals surface area contributed by atoms with Crippen molar-refractivity contribution in [3.05, 3.63) is 35.8 Å². The van der Waals surface area contributed by atoms with Gasteiger partial charge < -0.3 is 25.2 Å². The summed E-state index contributed by atoms with van der Waals surface area (Å²) in [6.45, 7) is 7.50. The van der Waals surface area contributed by atoms with Crippen molar-refractivity contribution in [1.29, 1.82) is 0 Å². The predicted octanol–water partition coefficient (Wildman–Crippen LogP) is 4.43. The van der Waals surface area contributed by atoms with E-state index in [1.165, 1.54) is 13.2 Å². The summed E-state index contributed by atoms with van der Waals surface area (Å²) in [5.74, 6) is -2.01. The summed E-state index contributed by atoms with van der Waals surface area (Å²) in [4.78, 5) is 38.0. The first-order chi connectivity index (χ1) is 17.6. The summed E-state index contributed by atoms with van der Waals surface area (Å²) in [6, 6.07) is 2.14. The molecule has 0 unspecified atom stereocenters. The number of hydrogen-bond acceptors (Lipinski definition) is 5. The summed E-state index contributed by atoms with van der Waals surface area (Å²) in [7, 11) is 1.37. The molecule has 2 amide bonds. The normalized spacial score (nSPS) is 30.4. The summed E-state index contributed by atoms with van der Waals surface area (Å²) in [5.41, 5.74) is -0.0349. The van der Waals surface area contributed by atoms with Gasteiger partial charge in [0.25, 0.3) is 5.91 Å². The molecule has 1 aromatic carbocycles. The molecular weight excluding hydrogens is 479 g/mol. The summed E-state index contributed by atoms with van der Waals surface area (Å²) < 4.78 is 26.1. The van der Waals surface area contributed by atoms with Crippen molar-refractivity contribution in [2.24, 2.45) is 23.2 Å². The number of halogens is 1. The molecule has 0 heterocycles. The number of rotatable bonds is 9. The van der Waals surface area contributed by atoms with Gasteiger partial charge in [-0.1, -0.05) is 13.5 Å². The number of ether oxygens (including phenoxy) is 2. The van der Waals surface area contributed by atoms with E-state index in [0.29, 0.717) is 37.8 Å². The van der Waals surface area contributed by atoms with E-state index in [9.17, 15) is 23.9 Å². The Hall–Kier alpha value is -3.10. The maximum absolute atomic E-state index is 14.9. The predicted molar refractivity (Wildman–Crippen MR) is 135 cm³/mol. The molecule has 4 rings (SSSR count). The van der Waals surface area contributed by atoms with Gasteiger partial charge in [0, 0.05) is 17.8 Å². The minimum atomic E-state index is -0.841. The summed E-state index contributed by atoms with van der Waals surface area (Å²) in [5, 5.41) is 15.4. The van der Waals surface area contributed by atoms with Crippen molar-refractivity contribution >= 4 is 17.8 Å².